The Kier molecular flexibility index (Phi) is 5.00. The van der Waals surface area contributed by atoms with Gasteiger partial charge >= 0.3 is 0 Å². The van der Waals surface area contributed by atoms with Crippen molar-refractivity contribution >= 4 is 29.3 Å². The first kappa shape index (κ1) is 17.0. The van der Waals surface area contributed by atoms with Crippen molar-refractivity contribution in [2.45, 2.75) is 0 Å². The molecule has 0 fully saturated rings. The molecule has 2 rings (SSSR count). The summed E-state index contributed by atoms with van der Waals surface area (Å²) in [5, 5.41) is 1.92. The van der Waals surface area contributed by atoms with Gasteiger partial charge in [0.05, 0.1) is 0 Å². The van der Waals surface area contributed by atoms with Gasteiger partial charge in [-0.15, -0.1) is 0 Å². The molecule has 0 aliphatic heterocycles. The van der Waals surface area contributed by atoms with Crippen molar-refractivity contribution in [3.63, 3.8) is 0 Å². The fraction of sp³-hybridized carbons (Fsp3) is 0. The van der Waals surface area contributed by atoms with Crippen LogP contribution in [0.5, 0.6) is 0 Å². The van der Waals surface area contributed by atoms with Crippen LogP contribution >= 0.6 is 11.6 Å². The van der Waals surface area contributed by atoms with E-state index in [0.29, 0.717) is 10.6 Å². The van der Waals surface area contributed by atoms with Gasteiger partial charge in [-0.25, -0.2) is 22.0 Å². The summed E-state index contributed by atoms with van der Waals surface area (Å²) in [7, 11) is 0. The molecule has 8 heteroatoms. The monoisotopic (exact) mass is 347 g/mol. The molecule has 0 heterocycles. The molecule has 0 bridgehead atoms. The molecule has 2 nitrogen and oxygen atoms in total. The van der Waals surface area contributed by atoms with Gasteiger partial charge in [0.1, 0.15) is 5.69 Å². The van der Waals surface area contributed by atoms with E-state index in [4.69, 9.17) is 11.6 Å². The van der Waals surface area contributed by atoms with Crippen molar-refractivity contribution in [3.8, 4) is 0 Å². The Morgan fingerprint density at radius 3 is 2.00 bits per heavy atom. The molecule has 120 valence electrons. The third-order valence-electron chi connectivity index (χ3n) is 2.78. The van der Waals surface area contributed by atoms with Gasteiger partial charge in [0.15, 0.2) is 23.3 Å². The number of carbonyl (C=O) groups is 1. The maximum absolute atomic E-state index is 13.4. The first-order valence-electron chi connectivity index (χ1n) is 6.08. The molecule has 0 aromatic heterocycles. The van der Waals surface area contributed by atoms with Gasteiger partial charge in [0, 0.05) is 11.1 Å². The van der Waals surface area contributed by atoms with E-state index in [9.17, 15) is 26.7 Å². The summed E-state index contributed by atoms with van der Waals surface area (Å²) >= 11 is 5.83. The molecule has 0 atom stereocenters. The molecule has 23 heavy (non-hydrogen) atoms. The van der Waals surface area contributed by atoms with Gasteiger partial charge in [0.25, 0.3) is 0 Å². The van der Waals surface area contributed by atoms with E-state index in [-0.39, 0.29) is 0 Å². The lowest BCUT2D eigenvalue weighted by atomic mass is 10.2. The van der Waals surface area contributed by atoms with Crippen molar-refractivity contribution in [2.24, 2.45) is 0 Å². The van der Waals surface area contributed by atoms with Gasteiger partial charge < -0.3 is 5.32 Å². The minimum Gasteiger partial charge on any atom is -0.317 e. The van der Waals surface area contributed by atoms with E-state index in [1.807, 2.05) is 0 Å². The van der Waals surface area contributed by atoms with Crippen LogP contribution in [0.15, 0.2) is 30.3 Å². The van der Waals surface area contributed by atoms with Crippen LogP contribution < -0.4 is 5.32 Å². The molecule has 0 saturated heterocycles. The Morgan fingerprint density at radius 2 is 1.43 bits per heavy atom. The molecule has 0 spiro atoms. The molecule has 0 aliphatic rings. The van der Waals surface area contributed by atoms with E-state index in [1.165, 1.54) is 6.08 Å². The SMILES string of the molecule is O=C(/C=C/c1ccccc1Cl)Nc1c(F)c(F)c(F)c(F)c1F. The second-order valence-electron chi connectivity index (χ2n) is 4.29. The van der Waals surface area contributed by atoms with Crippen LogP contribution in [0, 0.1) is 29.1 Å². The second kappa shape index (κ2) is 6.78. The Hall–Kier alpha value is -2.41. The van der Waals surface area contributed by atoms with Gasteiger partial charge in [-0.1, -0.05) is 29.8 Å². The second-order valence-corrected chi connectivity index (χ2v) is 4.70. The van der Waals surface area contributed by atoms with Gasteiger partial charge in [0.2, 0.25) is 11.7 Å². The maximum atomic E-state index is 13.4. The van der Waals surface area contributed by atoms with Crippen molar-refractivity contribution in [1.82, 2.24) is 0 Å². The number of anilines is 1. The molecular weight excluding hydrogens is 341 g/mol. The summed E-state index contributed by atoms with van der Waals surface area (Å²) in [6.45, 7) is 0. The van der Waals surface area contributed by atoms with Gasteiger partial charge in [-0.2, -0.15) is 0 Å². The topological polar surface area (TPSA) is 29.1 Å². The minimum atomic E-state index is -2.30. The maximum Gasteiger partial charge on any atom is 0.248 e. The molecular formula is C15H7ClF5NO. The zero-order valence-corrected chi connectivity index (χ0v) is 11.9. The Balaban J connectivity index is 2.27. The molecule has 2 aromatic rings. The number of amides is 1. The largest absolute Gasteiger partial charge is 0.317 e. The number of halogens is 6. The van der Waals surface area contributed by atoms with Crippen LogP contribution in [0.2, 0.25) is 5.02 Å². The van der Waals surface area contributed by atoms with Crippen LogP contribution in [-0.2, 0) is 4.79 Å². The average Bonchev–Trinajstić information content (AvgIpc) is 2.54. The Bertz CT molecular complexity index is 778. The first-order chi connectivity index (χ1) is 10.8. The van der Waals surface area contributed by atoms with Gasteiger partial charge in [-0.3, -0.25) is 4.79 Å². The van der Waals surface area contributed by atoms with E-state index >= 15 is 0 Å². The zero-order valence-electron chi connectivity index (χ0n) is 11.1. The minimum absolute atomic E-state index is 0.313. The highest BCUT2D eigenvalue weighted by atomic mass is 35.5. The van der Waals surface area contributed by atoms with Crippen molar-refractivity contribution in [3.05, 3.63) is 70.0 Å². The van der Waals surface area contributed by atoms with Crippen molar-refractivity contribution in [2.75, 3.05) is 5.32 Å². The third-order valence-corrected chi connectivity index (χ3v) is 3.12. The first-order valence-corrected chi connectivity index (χ1v) is 6.45. The standard InChI is InChI=1S/C15H7ClF5NO/c16-8-4-2-1-3-7(8)5-6-9(23)22-15-13(20)11(18)10(17)12(19)14(15)21/h1-6H,(H,22,23)/b6-5+. The molecule has 0 aliphatic carbocycles. The van der Waals surface area contributed by atoms with Crippen LogP contribution in [0.3, 0.4) is 0 Å². The van der Waals surface area contributed by atoms with Crippen molar-refractivity contribution < 1.29 is 26.7 Å². The van der Waals surface area contributed by atoms with Crippen molar-refractivity contribution in [1.29, 1.82) is 0 Å². The third kappa shape index (κ3) is 3.50. The normalized spacial score (nSPS) is 11.0. The summed E-state index contributed by atoms with van der Waals surface area (Å²) in [5.74, 6) is -11.9. The van der Waals surface area contributed by atoms with E-state index in [2.05, 4.69) is 0 Å². The summed E-state index contributed by atoms with van der Waals surface area (Å²) in [5.41, 5.74) is -0.989. The fourth-order valence-electron chi connectivity index (χ4n) is 1.66. The zero-order chi connectivity index (χ0) is 17.1. The van der Waals surface area contributed by atoms with Crippen LogP contribution in [0.4, 0.5) is 27.6 Å². The molecule has 2 aromatic carbocycles. The Labute approximate surface area is 132 Å². The molecule has 1 amide bonds. The highest BCUT2D eigenvalue weighted by molar-refractivity contribution is 6.32. The van der Waals surface area contributed by atoms with Crippen LogP contribution in [-0.4, -0.2) is 5.91 Å². The van der Waals surface area contributed by atoms with E-state index < -0.39 is 40.7 Å². The molecule has 1 N–H and O–H groups in total. The highest BCUT2D eigenvalue weighted by Crippen LogP contribution is 2.27. The lowest BCUT2D eigenvalue weighted by molar-refractivity contribution is -0.111. The number of rotatable bonds is 3. The predicted molar refractivity (Wildman–Crippen MR) is 75.3 cm³/mol. The molecule has 0 unspecified atom stereocenters. The quantitative estimate of drug-likeness (QED) is 0.371. The van der Waals surface area contributed by atoms with E-state index in [0.717, 1.165) is 6.08 Å². The fourth-order valence-corrected chi connectivity index (χ4v) is 1.85. The summed E-state index contributed by atoms with van der Waals surface area (Å²) in [4.78, 5) is 11.6. The highest BCUT2D eigenvalue weighted by Gasteiger charge is 2.26. The smallest absolute Gasteiger partial charge is 0.248 e. The van der Waals surface area contributed by atoms with Gasteiger partial charge in [-0.05, 0) is 17.7 Å². The summed E-state index contributed by atoms with van der Waals surface area (Å²) in [6.07, 6.45) is 2.07. The number of nitrogens with one attached hydrogen (secondary N) is 1. The number of hydrogen-bond acceptors (Lipinski definition) is 1. The van der Waals surface area contributed by atoms with E-state index in [1.54, 1.807) is 29.6 Å². The summed E-state index contributed by atoms with van der Waals surface area (Å²) in [6, 6.07) is 6.38. The van der Waals surface area contributed by atoms with Crippen LogP contribution in [0.1, 0.15) is 5.56 Å². The lowest BCUT2D eigenvalue weighted by Crippen LogP contribution is -2.14. The summed E-state index contributed by atoms with van der Waals surface area (Å²) < 4.78 is 65.7. The predicted octanol–water partition coefficient (Wildman–Crippen LogP) is 4.69. The average molecular weight is 348 g/mol. The number of carbonyl (C=O) groups excluding carboxylic acids is 1. The van der Waals surface area contributed by atoms with Crippen LogP contribution in [0.25, 0.3) is 6.08 Å². The molecule has 0 saturated carbocycles. The number of hydrogen-bond donors (Lipinski definition) is 1. The lowest BCUT2D eigenvalue weighted by Gasteiger charge is -2.08. The number of benzene rings is 2. The molecule has 0 radical (unpaired) electrons. The Morgan fingerprint density at radius 1 is 0.913 bits per heavy atom.